The van der Waals surface area contributed by atoms with Gasteiger partial charge in [0.2, 0.25) is 6.41 Å². The third kappa shape index (κ3) is 6.05. The smallest absolute Gasteiger partial charge is 0.211 e. The molecule has 9 nitrogen and oxygen atoms in total. The molecule has 46 heavy (non-hydrogen) atoms. The van der Waals surface area contributed by atoms with E-state index in [1.54, 1.807) is 0 Å². The number of carbonyl (C=O) groups is 1. The van der Waals surface area contributed by atoms with Gasteiger partial charge in [-0.2, -0.15) is 4.68 Å². The molecule has 2 aliphatic heterocycles. The Balaban J connectivity index is 1.50. The maximum atomic E-state index is 11.4. The second-order valence-corrected chi connectivity index (χ2v) is 12.0. The molecule has 1 amide bonds. The molecule has 3 heterocycles. The van der Waals surface area contributed by atoms with Gasteiger partial charge < -0.3 is 15.1 Å². The molecule has 6 rings (SSSR count). The first-order chi connectivity index (χ1) is 22.4. The number of carbonyl (C=O) groups excluding carboxylic acids is 1. The zero-order valence-electron chi connectivity index (χ0n) is 27.0. The molecule has 1 atom stereocenters. The van der Waals surface area contributed by atoms with E-state index in [2.05, 4.69) is 94.1 Å². The average molecular weight is 615 g/mol. The van der Waals surface area contributed by atoms with Gasteiger partial charge in [-0.3, -0.25) is 9.69 Å². The molecule has 1 aromatic heterocycles. The van der Waals surface area contributed by atoms with Crippen LogP contribution in [0.1, 0.15) is 39.2 Å². The maximum absolute atomic E-state index is 11.4. The summed E-state index contributed by atoms with van der Waals surface area (Å²) in [6.45, 7) is 18.7. The molecule has 0 bridgehead atoms. The minimum absolute atomic E-state index is 0.0189. The highest BCUT2D eigenvalue weighted by molar-refractivity contribution is 6.01. The lowest BCUT2D eigenvalue weighted by molar-refractivity contribution is -0.108. The number of benzene rings is 2. The minimum Gasteiger partial charge on any atom is -0.372 e. The fourth-order valence-electron chi connectivity index (χ4n) is 6.67. The number of fused-ring (bicyclic) bond motifs is 1. The molecular weight excluding hydrogens is 572 g/mol. The van der Waals surface area contributed by atoms with Crippen LogP contribution < -0.4 is 5.32 Å². The van der Waals surface area contributed by atoms with Crippen LogP contribution in [-0.2, 0) is 11.2 Å². The summed E-state index contributed by atoms with van der Waals surface area (Å²) >= 11 is 0. The molecule has 0 saturated carbocycles. The van der Waals surface area contributed by atoms with Gasteiger partial charge in [0, 0.05) is 49.2 Å². The predicted octanol–water partition coefficient (Wildman–Crippen LogP) is 6.07. The van der Waals surface area contributed by atoms with Gasteiger partial charge in [-0.1, -0.05) is 79.9 Å². The Bertz CT molecular complexity index is 1800. The summed E-state index contributed by atoms with van der Waals surface area (Å²) in [5.41, 5.74) is 9.15. The van der Waals surface area contributed by atoms with Gasteiger partial charge in [-0.25, -0.2) is 4.99 Å². The largest absolute Gasteiger partial charge is 0.372 e. The SMILES string of the molecule is C=C(C)N1CCN(C2=NC=C(n3nnc4ccccc43)N(/C(=C(\C)Cc3ccccc3)C3C=C(CC)C(NC=O)=CC3)C2=C)CC1. The van der Waals surface area contributed by atoms with E-state index in [4.69, 9.17) is 11.6 Å². The Morgan fingerprint density at radius 3 is 2.50 bits per heavy atom. The first-order valence-corrected chi connectivity index (χ1v) is 16.0. The quantitative estimate of drug-likeness (QED) is 0.295. The number of piperazine rings is 1. The van der Waals surface area contributed by atoms with Gasteiger partial charge in [0.15, 0.2) is 11.7 Å². The zero-order valence-corrected chi connectivity index (χ0v) is 27.0. The van der Waals surface area contributed by atoms with Gasteiger partial charge in [-0.15, -0.1) is 5.10 Å². The Morgan fingerprint density at radius 1 is 1.04 bits per heavy atom. The van der Waals surface area contributed by atoms with Gasteiger partial charge in [-0.05, 0) is 62.0 Å². The number of hydrogen-bond acceptors (Lipinski definition) is 7. The fourth-order valence-corrected chi connectivity index (χ4v) is 6.67. The van der Waals surface area contributed by atoms with Gasteiger partial charge >= 0.3 is 0 Å². The van der Waals surface area contributed by atoms with Crippen LogP contribution in [0.4, 0.5) is 0 Å². The van der Waals surface area contributed by atoms with Crippen molar-refractivity contribution in [2.45, 2.75) is 40.0 Å². The number of aromatic nitrogens is 3. The molecule has 2 aromatic carbocycles. The summed E-state index contributed by atoms with van der Waals surface area (Å²) in [6.07, 6.45) is 9.40. The van der Waals surface area contributed by atoms with Crippen molar-refractivity contribution < 1.29 is 4.79 Å². The van der Waals surface area contributed by atoms with Crippen molar-refractivity contribution >= 4 is 29.1 Å². The summed E-state index contributed by atoms with van der Waals surface area (Å²) in [6, 6.07) is 18.5. The summed E-state index contributed by atoms with van der Waals surface area (Å²) in [5.74, 6) is 1.65. The Morgan fingerprint density at radius 2 is 1.78 bits per heavy atom. The molecule has 1 N–H and O–H groups in total. The van der Waals surface area contributed by atoms with Gasteiger partial charge in [0.05, 0.1) is 17.4 Å². The number of amidine groups is 1. The molecule has 3 aromatic rings. The van der Waals surface area contributed by atoms with E-state index in [-0.39, 0.29) is 5.92 Å². The number of amides is 1. The minimum atomic E-state index is 0.0189. The zero-order chi connectivity index (χ0) is 32.2. The van der Waals surface area contributed by atoms with Crippen LogP contribution in [0.5, 0.6) is 0 Å². The molecule has 236 valence electrons. The van der Waals surface area contributed by atoms with E-state index in [1.807, 2.05) is 41.2 Å². The molecule has 1 aliphatic carbocycles. The molecule has 1 saturated heterocycles. The normalized spacial score (nSPS) is 19.2. The second kappa shape index (κ2) is 13.4. The number of nitrogens with zero attached hydrogens (tertiary/aromatic N) is 7. The van der Waals surface area contributed by atoms with Crippen LogP contribution >= 0.6 is 0 Å². The molecule has 3 aliphatic rings. The number of nitrogens with one attached hydrogen (secondary N) is 1. The third-order valence-corrected chi connectivity index (χ3v) is 9.01. The number of para-hydroxylation sites is 1. The van der Waals surface area contributed by atoms with Gasteiger partial charge in [0.25, 0.3) is 0 Å². The van der Waals surface area contributed by atoms with Crippen LogP contribution in [0.25, 0.3) is 16.9 Å². The standard InChI is InChI=1S/C37H42N8O/c1-6-30-23-31(16-17-32(30)39-25-46)36(27(4)22-29-12-8-7-9-13-29)44-28(5)37(43-20-18-42(19-21-43)26(2)3)38-24-35(44)45-34-15-11-10-14-33(34)40-41-45/h7-15,17,23-25,31H,2,5-6,16,18-22H2,1,3-4H3,(H,39,46)/b36-27+. The van der Waals surface area contributed by atoms with Crippen LogP contribution in [-0.4, -0.2) is 68.1 Å². The predicted molar refractivity (Wildman–Crippen MR) is 185 cm³/mol. The monoisotopic (exact) mass is 614 g/mol. The average Bonchev–Trinajstić information content (AvgIpc) is 3.51. The number of aliphatic imine (C=N–C) groups is 1. The Kier molecular flexibility index (Phi) is 9.01. The first kappa shape index (κ1) is 30.8. The van der Waals surface area contributed by atoms with Gasteiger partial charge in [0.1, 0.15) is 5.52 Å². The Labute approximate surface area is 271 Å². The van der Waals surface area contributed by atoms with E-state index in [0.29, 0.717) is 0 Å². The van der Waals surface area contributed by atoms with E-state index in [9.17, 15) is 4.79 Å². The summed E-state index contributed by atoms with van der Waals surface area (Å²) in [7, 11) is 0. The van der Waals surface area contributed by atoms with Crippen LogP contribution in [0.3, 0.4) is 0 Å². The molecule has 9 heteroatoms. The van der Waals surface area contributed by atoms with E-state index < -0.39 is 0 Å². The van der Waals surface area contributed by atoms with Crippen molar-refractivity contribution in [2.24, 2.45) is 10.9 Å². The molecule has 1 unspecified atom stereocenters. The van der Waals surface area contributed by atoms with E-state index >= 15 is 0 Å². The highest BCUT2D eigenvalue weighted by atomic mass is 16.1. The molecule has 0 radical (unpaired) electrons. The van der Waals surface area contributed by atoms with Crippen LogP contribution in [0, 0.1) is 5.92 Å². The van der Waals surface area contributed by atoms with Crippen molar-refractivity contribution in [1.29, 1.82) is 0 Å². The van der Waals surface area contributed by atoms with Crippen molar-refractivity contribution in [3.05, 3.63) is 126 Å². The molecular formula is C37H42N8O. The summed E-state index contributed by atoms with van der Waals surface area (Å²) in [4.78, 5) is 23.4. The molecule has 1 fully saturated rings. The highest BCUT2D eigenvalue weighted by Gasteiger charge is 2.35. The van der Waals surface area contributed by atoms with Crippen molar-refractivity contribution in [1.82, 2.24) is 35.0 Å². The lowest BCUT2D eigenvalue weighted by Crippen LogP contribution is -2.50. The van der Waals surface area contributed by atoms with E-state index in [0.717, 1.165) is 103 Å². The summed E-state index contributed by atoms with van der Waals surface area (Å²) in [5, 5.41) is 12.0. The number of hydrogen-bond donors (Lipinski definition) is 1. The second-order valence-electron chi connectivity index (χ2n) is 12.0. The van der Waals surface area contributed by atoms with Crippen LogP contribution in [0.2, 0.25) is 0 Å². The lowest BCUT2D eigenvalue weighted by Gasteiger charge is -2.43. The van der Waals surface area contributed by atoms with Crippen molar-refractivity contribution in [3.8, 4) is 0 Å². The fraction of sp³-hybridized carbons (Fsp3) is 0.297. The van der Waals surface area contributed by atoms with E-state index in [1.165, 1.54) is 11.1 Å². The van der Waals surface area contributed by atoms with Crippen molar-refractivity contribution in [3.63, 3.8) is 0 Å². The number of allylic oxidation sites excluding steroid dienone is 5. The first-order valence-electron chi connectivity index (χ1n) is 16.0. The topological polar surface area (TPSA) is 81.9 Å². The third-order valence-electron chi connectivity index (χ3n) is 9.01. The number of rotatable bonds is 9. The van der Waals surface area contributed by atoms with Crippen LogP contribution in [0.15, 0.2) is 125 Å². The Hall–Kier alpha value is -5.18. The lowest BCUT2D eigenvalue weighted by atomic mass is 9.86. The summed E-state index contributed by atoms with van der Waals surface area (Å²) < 4.78 is 1.87. The maximum Gasteiger partial charge on any atom is 0.211 e. The molecule has 0 spiro atoms. The van der Waals surface area contributed by atoms with Crippen molar-refractivity contribution in [2.75, 3.05) is 26.2 Å². The highest BCUT2D eigenvalue weighted by Crippen LogP contribution is 2.40.